The minimum Gasteiger partial charge on any atom is -0.360 e. The molecule has 2 aromatic heterocycles. The van der Waals surface area contributed by atoms with Gasteiger partial charge in [-0.3, -0.25) is 4.79 Å². The summed E-state index contributed by atoms with van der Waals surface area (Å²) in [7, 11) is 1.89. The van der Waals surface area contributed by atoms with E-state index in [1.54, 1.807) is 19.1 Å². The average Bonchev–Trinajstić information content (AvgIpc) is 3.00. The van der Waals surface area contributed by atoms with Crippen LogP contribution in [-0.2, 0) is 6.54 Å². The Kier molecular flexibility index (Phi) is 4.74. The molecule has 0 aliphatic rings. The lowest BCUT2D eigenvalue weighted by atomic mass is 10.2. The van der Waals surface area contributed by atoms with E-state index in [-0.39, 0.29) is 11.6 Å². The van der Waals surface area contributed by atoms with Crippen LogP contribution in [0.3, 0.4) is 0 Å². The minimum absolute atomic E-state index is 0.281. The minimum atomic E-state index is -0.354. The first-order valence-electron chi connectivity index (χ1n) is 7.86. The molecular formula is C18H19N5O2. The number of benzene rings is 1. The molecule has 0 bridgehead atoms. The van der Waals surface area contributed by atoms with Crippen molar-refractivity contribution in [3.05, 3.63) is 65.2 Å². The van der Waals surface area contributed by atoms with Crippen molar-refractivity contribution in [2.24, 2.45) is 0 Å². The van der Waals surface area contributed by atoms with E-state index >= 15 is 0 Å². The van der Waals surface area contributed by atoms with Crippen molar-refractivity contribution in [3.63, 3.8) is 0 Å². The highest BCUT2D eigenvalue weighted by Crippen LogP contribution is 2.14. The van der Waals surface area contributed by atoms with Crippen molar-refractivity contribution in [2.75, 3.05) is 17.3 Å². The molecule has 0 spiro atoms. The maximum atomic E-state index is 12.4. The second-order valence-electron chi connectivity index (χ2n) is 5.81. The van der Waals surface area contributed by atoms with Crippen LogP contribution in [0.15, 0.2) is 47.0 Å². The van der Waals surface area contributed by atoms with Gasteiger partial charge in [0.2, 0.25) is 5.95 Å². The van der Waals surface area contributed by atoms with Crippen molar-refractivity contribution in [1.82, 2.24) is 15.1 Å². The van der Waals surface area contributed by atoms with Crippen LogP contribution >= 0.6 is 0 Å². The molecule has 1 aromatic carbocycles. The van der Waals surface area contributed by atoms with Gasteiger partial charge in [-0.15, -0.1) is 0 Å². The molecular weight excluding hydrogens is 318 g/mol. The first kappa shape index (κ1) is 16.6. The molecule has 3 aromatic rings. The van der Waals surface area contributed by atoms with Gasteiger partial charge in [0.1, 0.15) is 11.5 Å². The van der Waals surface area contributed by atoms with Gasteiger partial charge >= 0.3 is 0 Å². The fourth-order valence-corrected chi connectivity index (χ4v) is 2.37. The molecule has 1 amide bonds. The number of amides is 1. The third kappa shape index (κ3) is 4.20. The predicted octanol–water partition coefficient (Wildman–Crippen LogP) is 2.97. The summed E-state index contributed by atoms with van der Waals surface area (Å²) in [6.45, 7) is 4.24. The SMILES string of the molecule is Cc1cc(C(=O)Nc2cc(C)on2)nc(N(C)Cc2ccccc2)n1. The second kappa shape index (κ2) is 7.12. The van der Waals surface area contributed by atoms with Crippen LogP contribution < -0.4 is 10.2 Å². The van der Waals surface area contributed by atoms with Crippen LogP contribution in [0.25, 0.3) is 0 Å². The summed E-state index contributed by atoms with van der Waals surface area (Å²) >= 11 is 0. The highest BCUT2D eigenvalue weighted by atomic mass is 16.5. The van der Waals surface area contributed by atoms with Crippen molar-refractivity contribution in [1.29, 1.82) is 0 Å². The molecule has 25 heavy (non-hydrogen) atoms. The molecule has 0 atom stereocenters. The first-order chi connectivity index (χ1) is 12.0. The van der Waals surface area contributed by atoms with E-state index < -0.39 is 0 Å². The van der Waals surface area contributed by atoms with Gasteiger partial charge in [-0.05, 0) is 25.5 Å². The molecule has 0 aliphatic carbocycles. The molecule has 0 saturated carbocycles. The number of hydrogen-bond donors (Lipinski definition) is 1. The maximum absolute atomic E-state index is 12.4. The van der Waals surface area contributed by atoms with Crippen molar-refractivity contribution in [3.8, 4) is 0 Å². The molecule has 0 aliphatic heterocycles. The summed E-state index contributed by atoms with van der Waals surface area (Å²) in [4.78, 5) is 23.1. The van der Waals surface area contributed by atoms with Gasteiger partial charge in [-0.1, -0.05) is 35.5 Å². The molecule has 0 unspecified atom stereocenters. The Bertz CT molecular complexity index is 876. The zero-order chi connectivity index (χ0) is 17.8. The molecule has 3 rings (SSSR count). The van der Waals surface area contributed by atoms with Crippen molar-refractivity contribution in [2.45, 2.75) is 20.4 Å². The Balaban J connectivity index is 1.78. The number of nitrogens with one attached hydrogen (secondary N) is 1. The molecule has 7 heteroatoms. The average molecular weight is 337 g/mol. The van der Waals surface area contributed by atoms with Crippen molar-refractivity contribution >= 4 is 17.7 Å². The lowest BCUT2D eigenvalue weighted by Gasteiger charge is -2.18. The Hall–Kier alpha value is -3.22. The van der Waals surface area contributed by atoms with Crippen LogP contribution in [-0.4, -0.2) is 28.1 Å². The number of carbonyl (C=O) groups excluding carboxylic acids is 1. The summed E-state index contributed by atoms with van der Waals surface area (Å²) in [5, 5.41) is 6.43. The van der Waals surface area contributed by atoms with Crippen LogP contribution in [0, 0.1) is 13.8 Å². The van der Waals surface area contributed by atoms with E-state index in [1.165, 1.54) is 0 Å². The largest absolute Gasteiger partial charge is 0.360 e. The fraction of sp³-hybridized carbons (Fsp3) is 0.222. The normalized spacial score (nSPS) is 10.5. The molecule has 128 valence electrons. The van der Waals surface area contributed by atoms with Crippen LogP contribution in [0.2, 0.25) is 0 Å². The van der Waals surface area contributed by atoms with E-state index in [4.69, 9.17) is 4.52 Å². The number of anilines is 2. The second-order valence-corrected chi connectivity index (χ2v) is 5.81. The summed E-state index contributed by atoms with van der Waals surface area (Å²) in [6.07, 6.45) is 0. The topological polar surface area (TPSA) is 84.2 Å². The Morgan fingerprint density at radius 1 is 1.16 bits per heavy atom. The number of aromatic nitrogens is 3. The Morgan fingerprint density at radius 3 is 2.60 bits per heavy atom. The standard InChI is InChI=1S/C18H19N5O2/c1-12-9-15(17(24)21-16-10-13(2)25-22-16)20-18(19-12)23(3)11-14-7-5-4-6-8-14/h4-10H,11H2,1-3H3,(H,21,22,24). The van der Waals surface area contributed by atoms with Gasteiger partial charge in [-0.25, -0.2) is 9.97 Å². The highest BCUT2D eigenvalue weighted by molar-refractivity contribution is 6.02. The summed E-state index contributed by atoms with van der Waals surface area (Å²) in [5.41, 5.74) is 2.13. The van der Waals surface area contributed by atoms with Gasteiger partial charge < -0.3 is 14.7 Å². The van der Waals surface area contributed by atoms with Gasteiger partial charge in [0.15, 0.2) is 5.82 Å². The van der Waals surface area contributed by atoms with Crippen LogP contribution in [0.5, 0.6) is 0 Å². The zero-order valence-electron chi connectivity index (χ0n) is 14.4. The monoisotopic (exact) mass is 337 g/mol. The first-order valence-corrected chi connectivity index (χ1v) is 7.86. The Morgan fingerprint density at radius 2 is 1.92 bits per heavy atom. The zero-order valence-corrected chi connectivity index (χ0v) is 14.4. The van der Waals surface area contributed by atoms with Gasteiger partial charge in [0, 0.05) is 25.4 Å². The third-order valence-corrected chi connectivity index (χ3v) is 3.55. The van der Waals surface area contributed by atoms with Crippen molar-refractivity contribution < 1.29 is 9.32 Å². The molecule has 0 fully saturated rings. The van der Waals surface area contributed by atoms with Gasteiger partial charge in [-0.2, -0.15) is 0 Å². The van der Waals surface area contributed by atoms with E-state index in [0.29, 0.717) is 29.8 Å². The van der Waals surface area contributed by atoms with E-state index in [0.717, 1.165) is 5.56 Å². The lowest BCUT2D eigenvalue weighted by Crippen LogP contribution is -2.22. The van der Waals surface area contributed by atoms with Crippen LogP contribution in [0.4, 0.5) is 11.8 Å². The third-order valence-electron chi connectivity index (χ3n) is 3.55. The smallest absolute Gasteiger partial charge is 0.275 e. The molecule has 2 heterocycles. The van der Waals surface area contributed by atoms with Gasteiger partial charge in [0.05, 0.1) is 0 Å². The van der Waals surface area contributed by atoms with Gasteiger partial charge in [0.25, 0.3) is 5.91 Å². The van der Waals surface area contributed by atoms with E-state index in [2.05, 4.69) is 20.4 Å². The summed E-state index contributed by atoms with van der Waals surface area (Å²) < 4.78 is 4.95. The highest BCUT2D eigenvalue weighted by Gasteiger charge is 2.15. The number of nitrogens with zero attached hydrogens (tertiary/aromatic N) is 4. The number of rotatable bonds is 5. The summed E-state index contributed by atoms with van der Waals surface area (Å²) in [6, 6.07) is 13.3. The summed E-state index contributed by atoms with van der Waals surface area (Å²) in [5.74, 6) is 1.12. The Labute approximate surface area is 145 Å². The predicted molar refractivity (Wildman–Crippen MR) is 94.5 cm³/mol. The maximum Gasteiger partial charge on any atom is 0.275 e. The quantitative estimate of drug-likeness (QED) is 0.770. The van der Waals surface area contributed by atoms with E-state index in [9.17, 15) is 4.79 Å². The molecule has 0 saturated heterocycles. The van der Waals surface area contributed by atoms with E-state index in [1.807, 2.05) is 49.2 Å². The fourth-order valence-electron chi connectivity index (χ4n) is 2.37. The molecule has 7 nitrogen and oxygen atoms in total. The molecule has 1 N–H and O–H groups in total. The number of aryl methyl sites for hydroxylation is 2. The van der Waals surface area contributed by atoms with Crippen LogP contribution in [0.1, 0.15) is 27.5 Å². The number of carbonyl (C=O) groups is 1. The molecule has 0 radical (unpaired) electrons. The number of hydrogen-bond acceptors (Lipinski definition) is 6. The lowest BCUT2D eigenvalue weighted by molar-refractivity contribution is 0.102.